The zero-order valence-corrected chi connectivity index (χ0v) is 12.2. The number of hydrogen-bond acceptors (Lipinski definition) is 3. The van der Waals surface area contributed by atoms with Crippen molar-refractivity contribution in [2.45, 2.75) is 38.3 Å². The van der Waals surface area contributed by atoms with Gasteiger partial charge in [-0.25, -0.2) is 0 Å². The molecular weight excluding hydrogens is 262 g/mol. The number of rotatable bonds is 3. The Hall–Kier alpha value is -2.00. The molecule has 110 valence electrons. The smallest absolute Gasteiger partial charge is 0.124 e. The quantitative estimate of drug-likeness (QED) is 0.810. The van der Waals surface area contributed by atoms with E-state index in [0.717, 1.165) is 24.8 Å². The van der Waals surface area contributed by atoms with Crippen molar-refractivity contribution in [2.75, 3.05) is 0 Å². The fraction of sp³-hybridized carbons (Fsp3) is 0.333. The van der Waals surface area contributed by atoms with E-state index in [9.17, 15) is 10.2 Å². The van der Waals surface area contributed by atoms with Gasteiger partial charge in [-0.05, 0) is 43.4 Å². The molecule has 0 saturated heterocycles. The summed E-state index contributed by atoms with van der Waals surface area (Å²) in [6.45, 7) is 2.05. The predicted molar refractivity (Wildman–Crippen MR) is 83.6 cm³/mol. The molecule has 3 heteroatoms. The molecule has 0 aliphatic heterocycles. The Morgan fingerprint density at radius 1 is 1.10 bits per heavy atom. The second-order valence-corrected chi connectivity index (χ2v) is 5.84. The van der Waals surface area contributed by atoms with Crippen LogP contribution >= 0.6 is 0 Å². The number of hydrogen-bond donors (Lipinski definition) is 3. The highest BCUT2D eigenvalue weighted by Gasteiger charge is 2.21. The van der Waals surface area contributed by atoms with Gasteiger partial charge in [0.15, 0.2) is 0 Å². The van der Waals surface area contributed by atoms with Gasteiger partial charge in [0.25, 0.3) is 0 Å². The maximum Gasteiger partial charge on any atom is 0.124 e. The van der Waals surface area contributed by atoms with E-state index >= 15 is 0 Å². The SMILES string of the molecule is CC(NC1CCc2ccccc2C1)c1ccc(O)cc1O. The van der Waals surface area contributed by atoms with Gasteiger partial charge in [0.2, 0.25) is 0 Å². The van der Waals surface area contributed by atoms with Crippen LogP contribution < -0.4 is 5.32 Å². The molecule has 2 aromatic carbocycles. The second kappa shape index (κ2) is 5.78. The molecule has 0 saturated carbocycles. The Balaban J connectivity index is 1.70. The molecule has 1 aliphatic carbocycles. The van der Waals surface area contributed by atoms with Crippen molar-refractivity contribution in [3.8, 4) is 11.5 Å². The second-order valence-electron chi connectivity index (χ2n) is 5.84. The van der Waals surface area contributed by atoms with Crippen LogP contribution in [0.5, 0.6) is 11.5 Å². The number of fused-ring (bicyclic) bond motifs is 1. The molecule has 0 fully saturated rings. The lowest BCUT2D eigenvalue weighted by molar-refractivity contribution is 0.396. The summed E-state index contributed by atoms with van der Waals surface area (Å²) in [5.41, 5.74) is 3.70. The van der Waals surface area contributed by atoms with Crippen LogP contribution in [-0.4, -0.2) is 16.3 Å². The van der Waals surface area contributed by atoms with Gasteiger partial charge in [-0.3, -0.25) is 0 Å². The topological polar surface area (TPSA) is 52.5 Å². The van der Waals surface area contributed by atoms with E-state index < -0.39 is 0 Å². The molecule has 0 bridgehead atoms. The minimum absolute atomic E-state index is 0.0564. The standard InChI is InChI=1S/C18H21NO2/c1-12(17-9-8-16(20)11-18(17)21)19-15-7-6-13-4-2-3-5-14(13)10-15/h2-5,8-9,11-12,15,19-21H,6-7,10H2,1H3. The Morgan fingerprint density at radius 3 is 2.62 bits per heavy atom. The molecule has 3 nitrogen and oxygen atoms in total. The van der Waals surface area contributed by atoms with Gasteiger partial charge in [-0.15, -0.1) is 0 Å². The van der Waals surface area contributed by atoms with Crippen molar-refractivity contribution in [1.82, 2.24) is 5.32 Å². The van der Waals surface area contributed by atoms with Crippen LogP contribution in [0.15, 0.2) is 42.5 Å². The van der Waals surface area contributed by atoms with Crippen molar-refractivity contribution in [2.24, 2.45) is 0 Å². The summed E-state index contributed by atoms with van der Waals surface area (Å²) in [5.74, 6) is 0.237. The predicted octanol–water partition coefficient (Wildman–Crippen LogP) is 3.31. The third kappa shape index (κ3) is 3.03. The molecule has 0 radical (unpaired) electrons. The summed E-state index contributed by atoms with van der Waals surface area (Å²) in [6.07, 6.45) is 3.24. The molecular formula is C18H21NO2. The average Bonchev–Trinajstić information content (AvgIpc) is 2.47. The maximum atomic E-state index is 9.95. The molecule has 0 aromatic heterocycles. The van der Waals surface area contributed by atoms with Crippen LogP contribution in [0.4, 0.5) is 0 Å². The Kier molecular flexibility index (Phi) is 3.84. The number of phenols is 2. The van der Waals surface area contributed by atoms with E-state index in [1.165, 1.54) is 17.2 Å². The first-order valence-electron chi connectivity index (χ1n) is 7.48. The maximum absolute atomic E-state index is 9.95. The van der Waals surface area contributed by atoms with Gasteiger partial charge in [0, 0.05) is 23.7 Å². The zero-order valence-electron chi connectivity index (χ0n) is 12.2. The van der Waals surface area contributed by atoms with E-state index in [1.54, 1.807) is 12.1 Å². The fourth-order valence-corrected chi connectivity index (χ4v) is 3.18. The molecule has 1 aliphatic rings. The average molecular weight is 283 g/mol. The van der Waals surface area contributed by atoms with E-state index in [-0.39, 0.29) is 17.5 Å². The molecule has 3 N–H and O–H groups in total. The molecule has 0 heterocycles. The normalized spacial score (nSPS) is 19.0. The largest absolute Gasteiger partial charge is 0.508 e. The third-order valence-corrected chi connectivity index (χ3v) is 4.31. The van der Waals surface area contributed by atoms with Crippen molar-refractivity contribution in [3.05, 3.63) is 59.2 Å². The van der Waals surface area contributed by atoms with E-state index in [0.29, 0.717) is 6.04 Å². The van der Waals surface area contributed by atoms with Crippen molar-refractivity contribution < 1.29 is 10.2 Å². The fourth-order valence-electron chi connectivity index (χ4n) is 3.18. The Morgan fingerprint density at radius 2 is 1.86 bits per heavy atom. The van der Waals surface area contributed by atoms with E-state index in [1.807, 2.05) is 6.92 Å². The summed E-state index contributed by atoms with van der Waals surface area (Å²) in [4.78, 5) is 0. The minimum Gasteiger partial charge on any atom is -0.508 e. The highest BCUT2D eigenvalue weighted by atomic mass is 16.3. The van der Waals surface area contributed by atoms with Crippen LogP contribution in [0.3, 0.4) is 0 Å². The molecule has 2 atom stereocenters. The highest BCUT2D eigenvalue weighted by Crippen LogP contribution is 2.29. The number of phenolic OH excluding ortho intramolecular Hbond substituents is 2. The van der Waals surface area contributed by atoms with Gasteiger partial charge in [-0.2, -0.15) is 0 Å². The molecule has 21 heavy (non-hydrogen) atoms. The van der Waals surface area contributed by atoms with Crippen LogP contribution in [-0.2, 0) is 12.8 Å². The van der Waals surface area contributed by atoms with Crippen molar-refractivity contribution in [1.29, 1.82) is 0 Å². The van der Waals surface area contributed by atoms with Gasteiger partial charge >= 0.3 is 0 Å². The van der Waals surface area contributed by atoms with Crippen LogP contribution in [0.2, 0.25) is 0 Å². The molecule has 2 aromatic rings. The summed E-state index contributed by atoms with van der Waals surface area (Å²) in [6, 6.07) is 13.9. The third-order valence-electron chi connectivity index (χ3n) is 4.31. The van der Waals surface area contributed by atoms with E-state index in [4.69, 9.17) is 0 Å². The number of aryl methyl sites for hydroxylation is 1. The monoisotopic (exact) mass is 283 g/mol. The van der Waals surface area contributed by atoms with Crippen LogP contribution in [0.25, 0.3) is 0 Å². The van der Waals surface area contributed by atoms with Gasteiger partial charge in [-0.1, -0.05) is 30.3 Å². The summed E-state index contributed by atoms with van der Waals surface area (Å²) >= 11 is 0. The van der Waals surface area contributed by atoms with Crippen LogP contribution in [0.1, 0.15) is 36.1 Å². The number of aromatic hydroxyl groups is 2. The van der Waals surface area contributed by atoms with Gasteiger partial charge < -0.3 is 15.5 Å². The summed E-state index contributed by atoms with van der Waals surface area (Å²) < 4.78 is 0. The lowest BCUT2D eigenvalue weighted by Gasteiger charge is -2.29. The number of benzene rings is 2. The zero-order chi connectivity index (χ0) is 14.8. The molecule has 0 amide bonds. The highest BCUT2D eigenvalue weighted by molar-refractivity contribution is 5.40. The summed E-state index contributed by atoms with van der Waals surface area (Å²) in [5, 5.41) is 22.9. The van der Waals surface area contributed by atoms with Crippen molar-refractivity contribution in [3.63, 3.8) is 0 Å². The number of nitrogens with one attached hydrogen (secondary N) is 1. The lowest BCUT2D eigenvalue weighted by Crippen LogP contribution is -2.36. The molecule has 2 unspecified atom stereocenters. The first kappa shape index (κ1) is 14.0. The molecule has 3 rings (SSSR count). The summed E-state index contributed by atoms with van der Waals surface area (Å²) in [7, 11) is 0. The minimum atomic E-state index is 0.0564. The Bertz CT molecular complexity index is 639. The van der Waals surface area contributed by atoms with Gasteiger partial charge in [0.05, 0.1) is 0 Å². The van der Waals surface area contributed by atoms with E-state index in [2.05, 4.69) is 29.6 Å². The lowest BCUT2D eigenvalue weighted by atomic mass is 9.88. The first-order valence-corrected chi connectivity index (χ1v) is 7.48. The Labute approximate surface area is 125 Å². The van der Waals surface area contributed by atoms with Gasteiger partial charge in [0.1, 0.15) is 11.5 Å². The van der Waals surface area contributed by atoms with Crippen LogP contribution in [0, 0.1) is 0 Å². The van der Waals surface area contributed by atoms with Crippen molar-refractivity contribution >= 4 is 0 Å². The first-order chi connectivity index (χ1) is 10.1. The molecule has 0 spiro atoms.